The van der Waals surface area contributed by atoms with Gasteiger partial charge in [-0.15, -0.1) is 0 Å². The van der Waals surface area contributed by atoms with Crippen molar-refractivity contribution in [3.05, 3.63) is 29.8 Å². The Kier molecular flexibility index (Phi) is 4.62. The molecule has 0 saturated heterocycles. The van der Waals surface area contributed by atoms with Crippen molar-refractivity contribution in [2.45, 2.75) is 11.1 Å². The average molecular weight is 246 g/mol. The Labute approximate surface area is 93.8 Å². The van der Waals surface area contributed by atoms with Gasteiger partial charge in [-0.25, -0.2) is 0 Å². The van der Waals surface area contributed by atoms with Gasteiger partial charge in [-0.2, -0.15) is 0 Å². The normalized spacial score (nSPS) is 11.6. The monoisotopic (exact) mass is 246 g/mol. The summed E-state index contributed by atoms with van der Waals surface area (Å²) in [5.41, 5.74) is 1.18. The number of rotatable bonds is 4. The molecule has 0 saturated carbocycles. The molecule has 0 aliphatic heterocycles. The zero-order valence-corrected chi connectivity index (χ0v) is 11.2. The third kappa shape index (κ3) is 4.59. The fourth-order valence-electron chi connectivity index (χ4n) is 1.23. The lowest BCUT2D eigenvalue weighted by atomic mass is 10.2. The van der Waals surface area contributed by atoms with Crippen LogP contribution in [0.4, 0.5) is 0 Å². The number of hydrogen-bond acceptors (Lipinski definition) is 3. The van der Waals surface area contributed by atoms with Gasteiger partial charge in [0, 0.05) is 11.1 Å². The summed E-state index contributed by atoms with van der Waals surface area (Å²) in [6, 6.07) is 8.29. The van der Waals surface area contributed by atoms with Crippen LogP contribution in [0.5, 0.6) is 0 Å². The van der Waals surface area contributed by atoms with E-state index >= 15 is 0 Å². The molecule has 0 fully saturated rings. The molecule has 14 heavy (non-hydrogen) atoms. The molecule has 0 radical (unpaired) electrons. The van der Waals surface area contributed by atoms with E-state index in [0.29, 0.717) is 6.16 Å². The van der Waals surface area contributed by atoms with Gasteiger partial charge in [-0.05, 0) is 37.3 Å². The van der Waals surface area contributed by atoms with E-state index < -0.39 is 7.14 Å². The molecule has 0 aromatic heterocycles. The van der Waals surface area contributed by atoms with E-state index in [1.165, 1.54) is 10.5 Å². The van der Waals surface area contributed by atoms with E-state index in [-0.39, 0.29) is 0 Å². The van der Waals surface area contributed by atoms with Crippen LogP contribution in [0.25, 0.3) is 0 Å². The molecule has 1 nitrogen and oxygen atoms in total. The molecule has 0 N–H and O–H groups in total. The predicted octanol–water partition coefficient (Wildman–Crippen LogP) is 4.18. The van der Waals surface area contributed by atoms with Gasteiger partial charge in [0.25, 0.3) is 0 Å². The van der Waals surface area contributed by atoms with Crippen LogP contribution in [0.15, 0.2) is 29.2 Å². The van der Waals surface area contributed by atoms with Crippen LogP contribution in [0.3, 0.4) is 0 Å². The van der Waals surface area contributed by atoms with Gasteiger partial charge >= 0.3 is 0 Å². The van der Waals surface area contributed by atoms with Gasteiger partial charge in [-0.3, -0.25) is 0 Å². The molecule has 1 aromatic carbocycles. The van der Waals surface area contributed by atoms with Crippen molar-refractivity contribution in [3.8, 4) is 0 Å². The topological polar surface area (TPSA) is 17.1 Å². The van der Waals surface area contributed by atoms with E-state index in [0.717, 1.165) is 0 Å². The molecule has 1 rings (SSSR count). The molecule has 0 atom stereocenters. The first-order valence-electron chi connectivity index (χ1n) is 4.35. The summed E-state index contributed by atoms with van der Waals surface area (Å²) in [6.07, 6.45) is 2.76. The van der Waals surface area contributed by atoms with Crippen molar-refractivity contribution in [3.63, 3.8) is 0 Å². The van der Waals surface area contributed by atoms with E-state index in [4.69, 9.17) is 0 Å². The summed E-state index contributed by atoms with van der Waals surface area (Å²) < 4.78 is 11.6. The number of benzene rings is 1. The quantitative estimate of drug-likeness (QED) is 0.586. The van der Waals surface area contributed by atoms with Crippen LogP contribution in [0, 0.1) is 0 Å². The first kappa shape index (κ1) is 12.2. The Bertz CT molecular complexity index is 346. The first-order valence-corrected chi connectivity index (χ1v) is 9.69. The SMILES string of the molecule is CSSc1cccc(CP(C)(C)=O)c1. The van der Waals surface area contributed by atoms with E-state index in [1.54, 1.807) is 21.6 Å². The Morgan fingerprint density at radius 2 is 2.07 bits per heavy atom. The minimum atomic E-state index is -1.94. The van der Waals surface area contributed by atoms with Gasteiger partial charge in [0.05, 0.1) is 7.14 Å². The smallest absolute Gasteiger partial charge is 0.0861 e. The van der Waals surface area contributed by atoms with Crippen LogP contribution in [0.1, 0.15) is 5.56 Å². The van der Waals surface area contributed by atoms with E-state index in [1.807, 2.05) is 25.5 Å². The molecule has 0 spiro atoms. The van der Waals surface area contributed by atoms with Crippen molar-refractivity contribution < 1.29 is 4.57 Å². The summed E-state index contributed by atoms with van der Waals surface area (Å²) in [4.78, 5) is 1.24. The second-order valence-corrected chi connectivity index (χ2v) is 9.56. The zero-order valence-electron chi connectivity index (χ0n) is 8.69. The van der Waals surface area contributed by atoms with Gasteiger partial charge in [0.2, 0.25) is 0 Å². The maximum Gasteiger partial charge on any atom is 0.0861 e. The average Bonchev–Trinajstić information content (AvgIpc) is 2.02. The molecule has 0 bridgehead atoms. The molecule has 0 aliphatic carbocycles. The minimum absolute atomic E-state index is 0.704. The third-order valence-corrected chi connectivity index (χ3v) is 4.46. The van der Waals surface area contributed by atoms with Gasteiger partial charge < -0.3 is 4.57 Å². The Balaban J connectivity index is 2.78. The summed E-state index contributed by atoms with van der Waals surface area (Å²) in [7, 11) is 1.53. The van der Waals surface area contributed by atoms with Crippen molar-refractivity contribution >= 4 is 28.7 Å². The van der Waals surface area contributed by atoms with E-state index in [9.17, 15) is 4.57 Å². The highest BCUT2D eigenvalue weighted by Gasteiger charge is 2.08. The second-order valence-electron chi connectivity index (χ2n) is 3.63. The molecule has 0 heterocycles. The molecular formula is C10H15OPS2. The highest BCUT2D eigenvalue weighted by atomic mass is 33.1. The molecule has 0 aliphatic rings. The lowest BCUT2D eigenvalue weighted by Gasteiger charge is -2.07. The number of hydrogen-bond donors (Lipinski definition) is 0. The zero-order chi connectivity index (χ0) is 10.6. The van der Waals surface area contributed by atoms with Crippen molar-refractivity contribution in [2.24, 2.45) is 0 Å². The first-order chi connectivity index (χ1) is 6.51. The van der Waals surface area contributed by atoms with Crippen molar-refractivity contribution in [1.29, 1.82) is 0 Å². The van der Waals surface area contributed by atoms with Crippen LogP contribution in [0.2, 0.25) is 0 Å². The fraction of sp³-hybridized carbons (Fsp3) is 0.400. The van der Waals surface area contributed by atoms with Gasteiger partial charge in [-0.1, -0.05) is 33.7 Å². The minimum Gasteiger partial charge on any atom is -0.324 e. The van der Waals surface area contributed by atoms with Crippen LogP contribution < -0.4 is 0 Å². The fourth-order valence-corrected chi connectivity index (χ4v) is 3.72. The molecule has 4 heteroatoms. The Morgan fingerprint density at radius 3 is 2.64 bits per heavy atom. The maximum absolute atomic E-state index is 11.6. The van der Waals surface area contributed by atoms with Gasteiger partial charge in [0.15, 0.2) is 0 Å². The summed E-state index contributed by atoms with van der Waals surface area (Å²) in [5, 5.41) is 0. The van der Waals surface area contributed by atoms with Crippen LogP contribution in [-0.2, 0) is 10.7 Å². The molecule has 1 aromatic rings. The highest BCUT2D eigenvalue weighted by molar-refractivity contribution is 8.76. The Morgan fingerprint density at radius 1 is 1.36 bits per heavy atom. The second kappa shape index (κ2) is 5.29. The van der Waals surface area contributed by atoms with Crippen LogP contribution >= 0.6 is 28.7 Å². The van der Waals surface area contributed by atoms with Gasteiger partial charge in [0.1, 0.15) is 0 Å². The molecule has 78 valence electrons. The third-order valence-electron chi connectivity index (χ3n) is 1.64. The van der Waals surface area contributed by atoms with Crippen molar-refractivity contribution in [1.82, 2.24) is 0 Å². The molecule has 0 amide bonds. The largest absolute Gasteiger partial charge is 0.324 e. The maximum atomic E-state index is 11.6. The standard InChI is InChI=1S/C10H15OPS2/c1-12(2,11)8-9-5-4-6-10(7-9)14-13-3/h4-7H,8H2,1-3H3. The Hall–Kier alpha value is 0.150. The summed E-state index contributed by atoms with van der Waals surface area (Å²) in [5.74, 6) is 0. The highest BCUT2D eigenvalue weighted by Crippen LogP contribution is 2.41. The summed E-state index contributed by atoms with van der Waals surface area (Å²) >= 11 is 0. The molecule has 0 unspecified atom stereocenters. The van der Waals surface area contributed by atoms with Crippen molar-refractivity contribution in [2.75, 3.05) is 19.6 Å². The molecular weight excluding hydrogens is 231 g/mol. The predicted molar refractivity (Wildman–Crippen MR) is 69.0 cm³/mol. The lowest BCUT2D eigenvalue weighted by Crippen LogP contribution is -1.85. The van der Waals surface area contributed by atoms with E-state index in [2.05, 4.69) is 18.4 Å². The summed E-state index contributed by atoms with van der Waals surface area (Å²) in [6.45, 7) is 3.67. The van der Waals surface area contributed by atoms with Crippen LogP contribution in [-0.4, -0.2) is 19.6 Å². The lowest BCUT2D eigenvalue weighted by molar-refractivity contribution is 0.582.